The van der Waals surface area contributed by atoms with Crippen LogP contribution in [-0.2, 0) is 9.59 Å². The number of thioether (sulfide) groups is 1. The second-order valence-corrected chi connectivity index (χ2v) is 5.87. The Morgan fingerprint density at radius 1 is 1.39 bits per heavy atom. The highest BCUT2D eigenvalue weighted by molar-refractivity contribution is 7.99. The van der Waals surface area contributed by atoms with Crippen molar-refractivity contribution >= 4 is 29.7 Å². The molecule has 0 aromatic rings. The summed E-state index contributed by atoms with van der Waals surface area (Å²) in [5, 5.41) is 13.5. The highest BCUT2D eigenvalue weighted by atomic mass is 32.2. The molecule has 3 amide bonds. The van der Waals surface area contributed by atoms with Crippen LogP contribution in [0, 0.1) is 0 Å². The zero-order valence-corrected chi connectivity index (χ0v) is 11.5. The fourth-order valence-electron chi connectivity index (χ4n) is 0.976. The van der Waals surface area contributed by atoms with Gasteiger partial charge in [-0.05, 0) is 20.1 Å². The molecule has 104 valence electrons. The number of nitrogens with two attached hydrogens (primary N) is 1. The van der Waals surface area contributed by atoms with Gasteiger partial charge in [0.15, 0.2) is 0 Å². The maximum Gasteiger partial charge on any atom is 0.326 e. The Balaban J connectivity index is 4.27. The molecular weight excluding hydrogens is 258 g/mol. The Morgan fingerprint density at radius 2 is 1.94 bits per heavy atom. The smallest absolute Gasteiger partial charge is 0.326 e. The third-order valence-electron chi connectivity index (χ3n) is 2.24. The standard InChI is InChI=1S/C10H19N3O4S/c1-10(2,18-3)5-12-9(17)13-6(8(15)16)4-7(11)14/h6H,4-5H2,1-3H3,(H2,11,14)(H,15,16)(H2,12,13,17). The highest BCUT2D eigenvalue weighted by Crippen LogP contribution is 2.19. The van der Waals surface area contributed by atoms with E-state index in [-0.39, 0.29) is 4.75 Å². The number of primary amides is 1. The van der Waals surface area contributed by atoms with Crippen LogP contribution in [0.2, 0.25) is 0 Å². The summed E-state index contributed by atoms with van der Waals surface area (Å²) in [6.07, 6.45) is 1.47. The van der Waals surface area contributed by atoms with E-state index in [1.165, 1.54) is 0 Å². The average Bonchev–Trinajstić information content (AvgIpc) is 2.25. The van der Waals surface area contributed by atoms with Gasteiger partial charge < -0.3 is 21.5 Å². The van der Waals surface area contributed by atoms with E-state index in [1.54, 1.807) is 11.8 Å². The van der Waals surface area contributed by atoms with Crippen molar-refractivity contribution in [3.05, 3.63) is 0 Å². The molecule has 0 saturated carbocycles. The summed E-state index contributed by atoms with van der Waals surface area (Å²) in [4.78, 5) is 32.9. The second-order valence-electron chi connectivity index (χ2n) is 4.35. The molecule has 0 heterocycles. The number of aliphatic carboxylic acids is 1. The van der Waals surface area contributed by atoms with Crippen LogP contribution in [-0.4, -0.2) is 46.6 Å². The monoisotopic (exact) mass is 277 g/mol. The van der Waals surface area contributed by atoms with Crippen LogP contribution in [0.5, 0.6) is 0 Å². The lowest BCUT2D eigenvalue weighted by atomic mass is 10.2. The number of rotatable bonds is 7. The molecule has 0 aliphatic heterocycles. The van der Waals surface area contributed by atoms with Gasteiger partial charge in [0.05, 0.1) is 6.42 Å². The predicted octanol–water partition coefficient (Wildman–Crippen LogP) is -0.244. The topological polar surface area (TPSA) is 122 Å². The first-order chi connectivity index (χ1) is 8.18. The number of amides is 3. The number of hydrogen-bond acceptors (Lipinski definition) is 4. The summed E-state index contributed by atoms with van der Waals surface area (Å²) < 4.78 is -0.153. The highest BCUT2D eigenvalue weighted by Gasteiger charge is 2.23. The van der Waals surface area contributed by atoms with E-state index >= 15 is 0 Å². The van der Waals surface area contributed by atoms with Gasteiger partial charge in [-0.15, -0.1) is 0 Å². The van der Waals surface area contributed by atoms with Gasteiger partial charge in [0.1, 0.15) is 6.04 Å². The van der Waals surface area contributed by atoms with Crippen molar-refractivity contribution in [3.63, 3.8) is 0 Å². The van der Waals surface area contributed by atoms with Crippen LogP contribution < -0.4 is 16.4 Å². The average molecular weight is 277 g/mol. The van der Waals surface area contributed by atoms with E-state index in [9.17, 15) is 14.4 Å². The first-order valence-corrected chi connectivity index (χ1v) is 6.51. The van der Waals surface area contributed by atoms with Gasteiger partial charge in [0.2, 0.25) is 5.91 Å². The van der Waals surface area contributed by atoms with E-state index in [0.29, 0.717) is 6.54 Å². The molecule has 18 heavy (non-hydrogen) atoms. The maximum absolute atomic E-state index is 11.5. The van der Waals surface area contributed by atoms with Crippen molar-refractivity contribution in [1.29, 1.82) is 0 Å². The van der Waals surface area contributed by atoms with Crippen LogP contribution in [0.15, 0.2) is 0 Å². The zero-order chi connectivity index (χ0) is 14.3. The van der Waals surface area contributed by atoms with Gasteiger partial charge in [-0.2, -0.15) is 11.8 Å². The minimum atomic E-state index is -1.31. The lowest BCUT2D eigenvalue weighted by Gasteiger charge is -2.23. The minimum absolute atomic E-state index is 0.153. The van der Waals surface area contributed by atoms with E-state index in [0.717, 1.165) is 0 Å². The van der Waals surface area contributed by atoms with Crippen LogP contribution in [0.4, 0.5) is 4.79 Å². The van der Waals surface area contributed by atoms with Gasteiger partial charge in [0.25, 0.3) is 0 Å². The SMILES string of the molecule is CSC(C)(C)CNC(=O)NC(CC(N)=O)C(=O)O. The number of carbonyl (C=O) groups excluding carboxylic acids is 2. The zero-order valence-electron chi connectivity index (χ0n) is 10.6. The van der Waals surface area contributed by atoms with E-state index < -0.39 is 30.4 Å². The number of carboxylic acids is 1. The maximum atomic E-state index is 11.5. The van der Waals surface area contributed by atoms with Crippen LogP contribution in [0.1, 0.15) is 20.3 Å². The molecule has 0 aromatic carbocycles. The van der Waals surface area contributed by atoms with Crippen molar-refractivity contribution in [2.75, 3.05) is 12.8 Å². The van der Waals surface area contributed by atoms with Gasteiger partial charge >= 0.3 is 12.0 Å². The summed E-state index contributed by atoms with van der Waals surface area (Å²) in [5.41, 5.74) is 4.89. The first-order valence-electron chi connectivity index (χ1n) is 5.28. The van der Waals surface area contributed by atoms with Crippen molar-refractivity contribution in [2.45, 2.75) is 31.1 Å². The Labute approximate surface area is 110 Å². The van der Waals surface area contributed by atoms with Crippen LogP contribution in [0.25, 0.3) is 0 Å². The Hall–Kier alpha value is -1.44. The van der Waals surface area contributed by atoms with E-state index in [1.807, 2.05) is 20.1 Å². The summed E-state index contributed by atoms with van der Waals surface area (Å²) in [6, 6.07) is -1.94. The third kappa shape index (κ3) is 7.00. The van der Waals surface area contributed by atoms with E-state index in [4.69, 9.17) is 10.8 Å². The summed E-state index contributed by atoms with van der Waals surface area (Å²) in [6.45, 7) is 4.26. The number of carboxylic acid groups (broad SMARTS) is 1. The molecule has 0 bridgehead atoms. The van der Waals surface area contributed by atoms with Crippen LogP contribution in [0.3, 0.4) is 0 Å². The number of hydrogen-bond donors (Lipinski definition) is 4. The quantitative estimate of drug-likeness (QED) is 0.511. The summed E-state index contributed by atoms with van der Waals surface area (Å²) in [5.74, 6) is -2.08. The van der Waals surface area contributed by atoms with Crippen molar-refractivity contribution in [2.24, 2.45) is 5.73 Å². The molecule has 0 saturated heterocycles. The van der Waals surface area contributed by atoms with Crippen molar-refractivity contribution in [3.8, 4) is 0 Å². The molecule has 8 heteroatoms. The third-order valence-corrected chi connectivity index (χ3v) is 3.49. The molecule has 0 aliphatic carbocycles. The summed E-state index contributed by atoms with van der Waals surface area (Å²) >= 11 is 1.57. The predicted molar refractivity (Wildman–Crippen MR) is 69.4 cm³/mol. The van der Waals surface area contributed by atoms with E-state index in [2.05, 4.69) is 10.6 Å². The fourth-order valence-corrected chi connectivity index (χ4v) is 1.19. The van der Waals surface area contributed by atoms with Gasteiger partial charge in [-0.3, -0.25) is 4.79 Å². The number of urea groups is 1. The number of nitrogens with one attached hydrogen (secondary N) is 2. The van der Waals surface area contributed by atoms with Gasteiger partial charge in [0, 0.05) is 11.3 Å². The van der Waals surface area contributed by atoms with Crippen molar-refractivity contribution < 1.29 is 19.5 Å². The Kier molecular flexibility index (Phi) is 6.53. The molecule has 0 fully saturated rings. The molecule has 7 nitrogen and oxygen atoms in total. The minimum Gasteiger partial charge on any atom is -0.480 e. The summed E-state index contributed by atoms with van der Waals surface area (Å²) in [7, 11) is 0. The normalized spacial score (nSPS) is 12.6. The molecule has 1 unspecified atom stereocenters. The molecule has 5 N–H and O–H groups in total. The molecular formula is C10H19N3O4S. The molecule has 0 aliphatic rings. The Bertz CT molecular complexity index is 333. The van der Waals surface area contributed by atoms with Crippen LogP contribution >= 0.6 is 11.8 Å². The first kappa shape index (κ1) is 16.6. The lowest BCUT2D eigenvalue weighted by Crippen LogP contribution is -2.49. The molecule has 0 spiro atoms. The second kappa shape index (κ2) is 7.10. The largest absolute Gasteiger partial charge is 0.480 e. The Morgan fingerprint density at radius 3 is 2.33 bits per heavy atom. The van der Waals surface area contributed by atoms with Crippen molar-refractivity contribution in [1.82, 2.24) is 10.6 Å². The number of carbonyl (C=O) groups is 3. The fraction of sp³-hybridized carbons (Fsp3) is 0.700. The molecule has 1 atom stereocenters. The lowest BCUT2D eigenvalue weighted by molar-refractivity contribution is -0.140. The molecule has 0 aromatic heterocycles. The molecule has 0 radical (unpaired) electrons. The van der Waals surface area contributed by atoms with Gasteiger partial charge in [-0.25, -0.2) is 9.59 Å². The molecule has 0 rings (SSSR count). The van der Waals surface area contributed by atoms with Gasteiger partial charge in [-0.1, -0.05) is 0 Å².